The lowest BCUT2D eigenvalue weighted by Crippen LogP contribution is -2.28. The SMILES string of the molecule is O=C(Cn1c(CO)cnc1SCc1ccccc1Cl)NCc1ccccc1. The van der Waals surface area contributed by atoms with Crippen LogP contribution >= 0.6 is 23.4 Å². The lowest BCUT2D eigenvalue weighted by atomic mass is 10.2. The summed E-state index contributed by atoms with van der Waals surface area (Å²) in [5.74, 6) is 0.499. The van der Waals surface area contributed by atoms with Gasteiger partial charge in [-0.1, -0.05) is 71.9 Å². The highest BCUT2D eigenvalue weighted by Gasteiger charge is 2.14. The fourth-order valence-corrected chi connectivity index (χ4v) is 3.84. The molecule has 2 aromatic carbocycles. The van der Waals surface area contributed by atoms with E-state index in [9.17, 15) is 9.90 Å². The Morgan fingerprint density at radius 1 is 1.15 bits per heavy atom. The topological polar surface area (TPSA) is 67.2 Å². The molecule has 0 fully saturated rings. The summed E-state index contributed by atoms with van der Waals surface area (Å²) in [6.07, 6.45) is 1.60. The van der Waals surface area contributed by atoms with Crippen molar-refractivity contribution in [3.8, 4) is 0 Å². The Morgan fingerprint density at radius 3 is 2.63 bits per heavy atom. The number of halogens is 1. The first kappa shape index (κ1) is 19.5. The number of rotatable bonds is 8. The lowest BCUT2D eigenvalue weighted by Gasteiger charge is -2.11. The van der Waals surface area contributed by atoms with Gasteiger partial charge in [-0.15, -0.1) is 0 Å². The van der Waals surface area contributed by atoms with Crippen molar-refractivity contribution in [3.63, 3.8) is 0 Å². The minimum Gasteiger partial charge on any atom is -0.390 e. The fraction of sp³-hybridized carbons (Fsp3) is 0.200. The molecular weight excluding hydrogens is 382 g/mol. The summed E-state index contributed by atoms with van der Waals surface area (Å²) in [6.45, 7) is 0.393. The number of benzene rings is 2. The maximum Gasteiger partial charge on any atom is 0.240 e. The molecule has 0 bridgehead atoms. The highest BCUT2D eigenvalue weighted by molar-refractivity contribution is 7.98. The molecule has 2 N–H and O–H groups in total. The number of nitrogens with one attached hydrogen (secondary N) is 1. The molecule has 0 saturated heterocycles. The number of aromatic nitrogens is 2. The number of hydrogen-bond donors (Lipinski definition) is 2. The molecule has 0 radical (unpaired) electrons. The van der Waals surface area contributed by atoms with Gasteiger partial charge in [0.15, 0.2) is 5.16 Å². The lowest BCUT2D eigenvalue weighted by molar-refractivity contribution is -0.122. The van der Waals surface area contributed by atoms with Crippen molar-refractivity contribution in [2.24, 2.45) is 0 Å². The molecular formula is C20H20ClN3O2S. The van der Waals surface area contributed by atoms with E-state index in [1.165, 1.54) is 11.8 Å². The molecule has 0 aliphatic heterocycles. The van der Waals surface area contributed by atoms with Crippen LogP contribution in [0.4, 0.5) is 0 Å². The number of carbonyl (C=O) groups is 1. The molecule has 0 spiro atoms. The Bertz CT molecular complexity index is 899. The number of imidazole rings is 1. The third-order valence-electron chi connectivity index (χ3n) is 4.01. The largest absolute Gasteiger partial charge is 0.390 e. The van der Waals surface area contributed by atoms with E-state index in [0.29, 0.717) is 28.2 Å². The molecule has 0 saturated carbocycles. The first-order valence-corrected chi connectivity index (χ1v) is 9.86. The molecule has 27 heavy (non-hydrogen) atoms. The zero-order valence-corrected chi connectivity index (χ0v) is 16.2. The van der Waals surface area contributed by atoms with Gasteiger partial charge in [-0.2, -0.15) is 0 Å². The van der Waals surface area contributed by atoms with E-state index in [-0.39, 0.29) is 19.1 Å². The Kier molecular flexibility index (Phi) is 6.92. The van der Waals surface area contributed by atoms with Gasteiger partial charge >= 0.3 is 0 Å². The summed E-state index contributed by atoms with van der Waals surface area (Å²) in [4.78, 5) is 16.7. The summed E-state index contributed by atoms with van der Waals surface area (Å²) in [5, 5.41) is 13.8. The number of aliphatic hydroxyl groups is 1. The van der Waals surface area contributed by atoms with Gasteiger partial charge in [0.05, 0.1) is 18.5 Å². The smallest absolute Gasteiger partial charge is 0.240 e. The third-order valence-corrected chi connectivity index (χ3v) is 5.42. The Morgan fingerprint density at radius 2 is 1.89 bits per heavy atom. The van der Waals surface area contributed by atoms with E-state index in [0.717, 1.165) is 11.1 Å². The minimum atomic E-state index is -0.175. The standard InChI is InChI=1S/C20H20ClN3O2S/c21-18-9-5-4-8-16(18)14-27-20-23-11-17(13-25)24(20)12-19(26)22-10-15-6-2-1-3-7-15/h1-9,11,25H,10,12-14H2,(H,22,26). The highest BCUT2D eigenvalue weighted by Crippen LogP contribution is 2.26. The fourth-order valence-electron chi connectivity index (χ4n) is 2.56. The Labute approximate surface area is 167 Å². The summed E-state index contributed by atoms with van der Waals surface area (Å²) in [7, 11) is 0. The number of carbonyl (C=O) groups excluding carboxylic acids is 1. The van der Waals surface area contributed by atoms with Crippen LogP contribution in [0.2, 0.25) is 5.02 Å². The summed E-state index contributed by atoms with van der Waals surface area (Å²) < 4.78 is 1.74. The van der Waals surface area contributed by atoms with Gasteiger partial charge in [0.25, 0.3) is 0 Å². The average molecular weight is 402 g/mol. The van der Waals surface area contributed by atoms with Crippen LogP contribution in [0.15, 0.2) is 66.0 Å². The van der Waals surface area contributed by atoms with Crippen LogP contribution in [0.25, 0.3) is 0 Å². The van der Waals surface area contributed by atoms with Crippen molar-refractivity contribution >= 4 is 29.3 Å². The molecule has 1 aromatic heterocycles. The molecule has 3 rings (SSSR count). The summed E-state index contributed by atoms with van der Waals surface area (Å²) >= 11 is 7.69. The van der Waals surface area contributed by atoms with Crippen LogP contribution in [-0.2, 0) is 30.2 Å². The van der Waals surface area contributed by atoms with Gasteiger partial charge in [0.1, 0.15) is 6.54 Å². The van der Waals surface area contributed by atoms with Crippen LogP contribution < -0.4 is 5.32 Å². The second-order valence-electron chi connectivity index (χ2n) is 5.92. The van der Waals surface area contributed by atoms with Crippen LogP contribution in [0, 0.1) is 0 Å². The molecule has 3 aromatic rings. The summed E-state index contributed by atoms with van der Waals surface area (Å²) in [6, 6.07) is 17.4. The molecule has 0 aliphatic carbocycles. The van der Waals surface area contributed by atoms with Gasteiger partial charge in [0.2, 0.25) is 5.91 Å². The second kappa shape index (κ2) is 9.60. The first-order chi connectivity index (χ1) is 13.2. The molecule has 140 valence electrons. The number of aliphatic hydroxyl groups excluding tert-OH is 1. The van der Waals surface area contributed by atoms with E-state index in [4.69, 9.17) is 11.6 Å². The van der Waals surface area contributed by atoms with Gasteiger partial charge in [-0.3, -0.25) is 4.79 Å². The zero-order valence-electron chi connectivity index (χ0n) is 14.6. The molecule has 1 amide bonds. The number of amides is 1. The molecule has 0 aliphatic rings. The molecule has 7 heteroatoms. The van der Waals surface area contributed by atoms with Crippen molar-refractivity contribution in [3.05, 3.63) is 82.6 Å². The van der Waals surface area contributed by atoms with Crippen LogP contribution in [-0.4, -0.2) is 20.6 Å². The third kappa shape index (κ3) is 5.35. The number of thioether (sulfide) groups is 1. The van der Waals surface area contributed by atoms with Gasteiger partial charge in [-0.25, -0.2) is 4.98 Å². The molecule has 1 heterocycles. The van der Waals surface area contributed by atoms with Gasteiger partial charge < -0.3 is 15.0 Å². The van der Waals surface area contributed by atoms with Gasteiger partial charge in [0, 0.05) is 17.3 Å². The van der Waals surface area contributed by atoms with Crippen molar-refractivity contribution < 1.29 is 9.90 Å². The average Bonchev–Trinajstić information content (AvgIpc) is 3.08. The van der Waals surface area contributed by atoms with Crippen molar-refractivity contribution in [2.75, 3.05) is 0 Å². The predicted octanol–water partition coefficient (Wildman–Crippen LogP) is 3.64. The molecule has 5 nitrogen and oxygen atoms in total. The normalized spacial score (nSPS) is 10.7. The zero-order chi connectivity index (χ0) is 19.1. The van der Waals surface area contributed by atoms with Crippen molar-refractivity contribution in [2.45, 2.75) is 30.6 Å². The van der Waals surface area contributed by atoms with E-state index >= 15 is 0 Å². The maximum atomic E-state index is 12.4. The minimum absolute atomic E-state index is 0.105. The van der Waals surface area contributed by atoms with Crippen molar-refractivity contribution in [1.29, 1.82) is 0 Å². The van der Waals surface area contributed by atoms with E-state index < -0.39 is 0 Å². The van der Waals surface area contributed by atoms with E-state index in [2.05, 4.69) is 10.3 Å². The molecule has 0 unspecified atom stereocenters. The predicted molar refractivity (Wildman–Crippen MR) is 107 cm³/mol. The monoisotopic (exact) mass is 401 g/mol. The summed E-state index contributed by atoms with van der Waals surface area (Å²) in [5.41, 5.74) is 2.64. The van der Waals surface area contributed by atoms with E-state index in [1.807, 2.05) is 54.6 Å². The Balaban J connectivity index is 1.64. The van der Waals surface area contributed by atoms with Gasteiger partial charge in [-0.05, 0) is 17.2 Å². The number of nitrogens with zero attached hydrogens (tertiary/aromatic N) is 2. The van der Waals surface area contributed by atoms with Crippen LogP contribution in [0.1, 0.15) is 16.8 Å². The van der Waals surface area contributed by atoms with E-state index in [1.54, 1.807) is 10.8 Å². The highest BCUT2D eigenvalue weighted by atomic mass is 35.5. The quantitative estimate of drug-likeness (QED) is 0.565. The molecule has 0 atom stereocenters. The maximum absolute atomic E-state index is 12.4. The second-order valence-corrected chi connectivity index (χ2v) is 7.27. The van der Waals surface area contributed by atoms with Crippen LogP contribution in [0.3, 0.4) is 0 Å². The van der Waals surface area contributed by atoms with Crippen LogP contribution in [0.5, 0.6) is 0 Å². The number of hydrogen-bond acceptors (Lipinski definition) is 4. The first-order valence-electron chi connectivity index (χ1n) is 8.49. The Hall–Kier alpha value is -2.28. The van der Waals surface area contributed by atoms with Crippen molar-refractivity contribution in [1.82, 2.24) is 14.9 Å².